The van der Waals surface area contributed by atoms with Crippen molar-refractivity contribution in [1.29, 1.82) is 0 Å². The van der Waals surface area contributed by atoms with Crippen molar-refractivity contribution >= 4 is 11.9 Å². The minimum Gasteiger partial charge on any atom is -0.469 e. The number of carbonyl (C=O) groups excluding carboxylic acids is 2. The maximum Gasteiger partial charge on any atom is 0.409 e. The van der Waals surface area contributed by atoms with Crippen LogP contribution in [0.1, 0.15) is 16.8 Å². The first-order valence-corrected chi connectivity index (χ1v) is 5.34. The van der Waals surface area contributed by atoms with Gasteiger partial charge in [0.25, 0.3) is 5.91 Å². The normalized spacial score (nSPS) is 12.6. The first-order valence-electron chi connectivity index (χ1n) is 5.34. The minimum absolute atomic E-state index is 0.0848. The molecule has 1 rings (SSSR count). The Bertz CT molecular complexity index is 445. The van der Waals surface area contributed by atoms with Crippen LogP contribution in [0, 0.1) is 0 Å². The quantitative estimate of drug-likeness (QED) is 0.854. The third-order valence-electron chi connectivity index (χ3n) is 2.33. The number of rotatable bonds is 4. The molecular formula is C12H12F3NO3. The molecule has 0 fully saturated rings. The SMILES string of the molecule is COC(=O)C[C@@H](NC(=O)c1ccccc1)C(F)(F)F. The highest BCUT2D eigenvalue weighted by molar-refractivity contribution is 5.94. The molecule has 1 amide bonds. The topological polar surface area (TPSA) is 55.4 Å². The Kier molecular flexibility index (Phi) is 4.91. The van der Waals surface area contributed by atoms with E-state index in [9.17, 15) is 22.8 Å². The molecule has 0 aliphatic heterocycles. The molecule has 0 radical (unpaired) electrons. The number of alkyl halides is 3. The summed E-state index contributed by atoms with van der Waals surface area (Å²) in [7, 11) is 0.981. The summed E-state index contributed by atoms with van der Waals surface area (Å²) in [5.74, 6) is -1.94. The second-order valence-electron chi connectivity index (χ2n) is 3.71. The molecule has 0 heterocycles. The van der Waals surface area contributed by atoms with Gasteiger partial charge in [-0.2, -0.15) is 13.2 Å². The summed E-state index contributed by atoms with van der Waals surface area (Å²) in [6.45, 7) is 0. The molecule has 0 saturated heterocycles. The van der Waals surface area contributed by atoms with Gasteiger partial charge in [-0.15, -0.1) is 0 Å². The molecule has 7 heteroatoms. The first-order chi connectivity index (χ1) is 8.84. The zero-order chi connectivity index (χ0) is 14.5. The highest BCUT2D eigenvalue weighted by Crippen LogP contribution is 2.23. The van der Waals surface area contributed by atoms with Gasteiger partial charge in [-0.25, -0.2) is 0 Å². The summed E-state index contributed by atoms with van der Waals surface area (Å²) in [6.07, 6.45) is -5.68. The van der Waals surface area contributed by atoms with Gasteiger partial charge in [0.1, 0.15) is 6.04 Å². The predicted octanol–water partition coefficient (Wildman–Crippen LogP) is 1.91. The van der Waals surface area contributed by atoms with Crippen molar-refractivity contribution in [3.8, 4) is 0 Å². The largest absolute Gasteiger partial charge is 0.469 e. The Morgan fingerprint density at radius 1 is 1.26 bits per heavy atom. The Labute approximate surface area is 107 Å². The maximum absolute atomic E-state index is 12.7. The van der Waals surface area contributed by atoms with Crippen LogP contribution in [0.25, 0.3) is 0 Å². The Morgan fingerprint density at radius 2 is 1.84 bits per heavy atom. The van der Waals surface area contributed by atoms with Gasteiger partial charge in [-0.3, -0.25) is 9.59 Å². The first kappa shape index (κ1) is 15.0. The molecule has 0 bridgehead atoms. The number of methoxy groups -OCH3 is 1. The molecule has 0 saturated carbocycles. The van der Waals surface area contributed by atoms with Crippen molar-refractivity contribution < 1.29 is 27.5 Å². The highest BCUT2D eigenvalue weighted by Gasteiger charge is 2.42. The Hall–Kier alpha value is -2.05. The van der Waals surface area contributed by atoms with E-state index < -0.39 is 30.5 Å². The van der Waals surface area contributed by atoms with Crippen molar-refractivity contribution in [2.75, 3.05) is 7.11 Å². The minimum atomic E-state index is -4.72. The molecule has 4 nitrogen and oxygen atoms in total. The van der Waals surface area contributed by atoms with Crippen LogP contribution in [0.15, 0.2) is 30.3 Å². The Balaban J connectivity index is 2.78. The lowest BCUT2D eigenvalue weighted by molar-refractivity contribution is -0.166. The van der Waals surface area contributed by atoms with Gasteiger partial charge in [-0.1, -0.05) is 18.2 Å². The Morgan fingerprint density at radius 3 is 2.32 bits per heavy atom. The van der Waals surface area contributed by atoms with Gasteiger partial charge in [0.05, 0.1) is 13.5 Å². The van der Waals surface area contributed by atoms with Gasteiger partial charge in [0.2, 0.25) is 0 Å². The molecule has 0 unspecified atom stereocenters. The van der Waals surface area contributed by atoms with Crippen LogP contribution < -0.4 is 5.32 Å². The molecule has 1 aromatic rings. The smallest absolute Gasteiger partial charge is 0.409 e. The molecular weight excluding hydrogens is 263 g/mol. The summed E-state index contributed by atoms with van der Waals surface area (Å²) >= 11 is 0. The van der Waals surface area contributed by atoms with Crippen molar-refractivity contribution in [1.82, 2.24) is 5.32 Å². The van der Waals surface area contributed by atoms with Gasteiger partial charge in [-0.05, 0) is 12.1 Å². The van der Waals surface area contributed by atoms with Gasteiger partial charge in [0, 0.05) is 5.56 Å². The van der Waals surface area contributed by atoms with E-state index in [-0.39, 0.29) is 5.56 Å². The number of nitrogens with one attached hydrogen (secondary N) is 1. The van der Waals surface area contributed by atoms with Crippen LogP contribution in [-0.2, 0) is 9.53 Å². The molecule has 0 aromatic heterocycles. The van der Waals surface area contributed by atoms with E-state index in [0.717, 1.165) is 7.11 Å². The molecule has 1 aromatic carbocycles. The lowest BCUT2D eigenvalue weighted by Crippen LogP contribution is -2.46. The van der Waals surface area contributed by atoms with Crippen LogP contribution >= 0.6 is 0 Å². The molecule has 1 N–H and O–H groups in total. The molecule has 104 valence electrons. The highest BCUT2D eigenvalue weighted by atomic mass is 19.4. The van der Waals surface area contributed by atoms with E-state index in [1.165, 1.54) is 24.3 Å². The molecule has 19 heavy (non-hydrogen) atoms. The number of ether oxygens (including phenoxy) is 1. The lowest BCUT2D eigenvalue weighted by Gasteiger charge is -2.20. The molecule has 0 aliphatic carbocycles. The summed E-state index contributed by atoms with van der Waals surface area (Å²) < 4.78 is 42.2. The van der Waals surface area contributed by atoms with Gasteiger partial charge >= 0.3 is 12.1 Å². The monoisotopic (exact) mass is 275 g/mol. The molecule has 0 spiro atoms. The van der Waals surface area contributed by atoms with E-state index in [0.29, 0.717) is 0 Å². The number of benzene rings is 1. The summed E-state index contributed by atoms with van der Waals surface area (Å²) in [4.78, 5) is 22.5. The van der Waals surface area contributed by atoms with Crippen molar-refractivity contribution in [2.24, 2.45) is 0 Å². The van der Waals surface area contributed by atoms with Crippen molar-refractivity contribution in [3.05, 3.63) is 35.9 Å². The fraction of sp³-hybridized carbons (Fsp3) is 0.333. The fourth-order valence-corrected chi connectivity index (χ4v) is 1.33. The fourth-order valence-electron chi connectivity index (χ4n) is 1.33. The van der Waals surface area contributed by atoms with Gasteiger partial charge in [0.15, 0.2) is 0 Å². The average Bonchev–Trinajstić information content (AvgIpc) is 2.37. The summed E-state index contributed by atoms with van der Waals surface area (Å²) in [6, 6.07) is 5.16. The lowest BCUT2D eigenvalue weighted by atomic mass is 10.1. The third kappa shape index (κ3) is 4.61. The number of amides is 1. The van der Waals surface area contributed by atoms with Crippen LogP contribution in [0.2, 0.25) is 0 Å². The third-order valence-corrected chi connectivity index (χ3v) is 2.33. The molecule has 1 atom stereocenters. The van der Waals surface area contributed by atoms with E-state index >= 15 is 0 Å². The van der Waals surface area contributed by atoms with E-state index in [1.54, 1.807) is 11.4 Å². The predicted molar refractivity (Wildman–Crippen MR) is 60.4 cm³/mol. The zero-order valence-electron chi connectivity index (χ0n) is 10.0. The van der Waals surface area contributed by atoms with Gasteiger partial charge < -0.3 is 10.1 Å². The number of esters is 1. The van der Waals surface area contributed by atoms with Crippen LogP contribution in [-0.4, -0.2) is 31.2 Å². The molecule has 0 aliphatic rings. The number of carbonyl (C=O) groups is 2. The zero-order valence-corrected chi connectivity index (χ0v) is 10.0. The summed E-state index contributed by atoms with van der Waals surface area (Å²) in [5.41, 5.74) is 0.0848. The standard InChI is InChI=1S/C12H12F3NO3/c1-19-10(17)7-9(12(13,14)15)16-11(18)8-5-3-2-4-6-8/h2-6,9H,7H2,1H3,(H,16,18)/t9-/m1/s1. The van der Waals surface area contributed by atoms with Crippen LogP contribution in [0.5, 0.6) is 0 Å². The average molecular weight is 275 g/mol. The van der Waals surface area contributed by atoms with E-state index in [4.69, 9.17) is 0 Å². The van der Waals surface area contributed by atoms with Crippen LogP contribution in [0.3, 0.4) is 0 Å². The van der Waals surface area contributed by atoms with Crippen LogP contribution in [0.4, 0.5) is 13.2 Å². The van der Waals surface area contributed by atoms with E-state index in [1.807, 2.05) is 0 Å². The van der Waals surface area contributed by atoms with E-state index in [2.05, 4.69) is 4.74 Å². The maximum atomic E-state index is 12.7. The number of halogens is 3. The number of hydrogen-bond acceptors (Lipinski definition) is 3. The number of hydrogen-bond donors (Lipinski definition) is 1. The second-order valence-corrected chi connectivity index (χ2v) is 3.71. The van der Waals surface area contributed by atoms with Crippen molar-refractivity contribution in [2.45, 2.75) is 18.6 Å². The van der Waals surface area contributed by atoms with Crippen molar-refractivity contribution in [3.63, 3.8) is 0 Å². The second kappa shape index (κ2) is 6.21. The summed E-state index contributed by atoms with van der Waals surface area (Å²) in [5, 5.41) is 1.77.